The van der Waals surface area contributed by atoms with Gasteiger partial charge in [-0.2, -0.15) is 0 Å². The lowest BCUT2D eigenvalue weighted by atomic mass is 10.3. The average molecular weight is 327 g/mol. The molecule has 128 valence electrons. The number of aliphatic hydroxyl groups excluding tert-OH is 2. The summed E-state index contributed by atoms with van der Waals surface area (Å²) in [7, 11) is 0. The van der Waals surface area contributed by atoms with Crippen LogP contribution in [0.1, 0.15) is 12.1 Å². The number of hydrogen-bond acceptors (Lipinski definition) is 7. The van der Waals surface area contributed by atoms with E-state index in [9.17, 15) is 9.59 Å². The van der Waals surface area contributed by atoms with E-state index in [2.05, 4.69) is 15.6 Å². The number of aromatic nitrogens is 1. The molecule has 0 aliphatic heterocycles. The minimum Gasteiger partial charge on any atom is -0.446 e. The smallest absolute Gasteiger partial charge is 0.407 e. The Morgan fingerprint density at radius 3 is 2.70 bits per heavy atom. The lowest BCUT2D eigenvalue weighted by molar-refractivity contribution is 0.0138. The highest BCUT2D eigenvalue weighted by Gasteiger charge is 2.16. The number of carbonyl (C=O) groups is 2. The van der Waals surface area contributed by atoms with Crippen molar-refractivity contribution in [2.75, 3.05) is 26.4 Å². The SMILES string of the molecule is O=C(NCCCO)OCC(CO)OC(=O)NCc1ccccn1. The van der Waals surface area contributed by atoms with Gasteiger partial charge in [0.1, 0.15) is 6.61 Å². The molecule has 0 radical (unpaired) electrons. The van der Waals surface area contributed by atoms with Gasteiger partial charge in [0.2, 0.25) is 0 Å². The van der Waals surface area contributed by atoms with Crippen LogP contribution in [0, 0.1) is 0 Å². The second-order valence-electron chi connectivity index (χ2n) is 4.49. The molecule has 23 heavy (non-hydrogen) atoms. The molecule has 4 N–H and O–H groups in total. The highest BCUT2D eigenvalue weighted by molar-refractivity contribution is 5.68. The molecular weight excluding hydrogens is 306 g/mol. The van der Waals surface area contributed by atoms with E-state index in [1.807, 2.05) is 0 Å². The minimum absolute atomic E-state index is 0.0426. The second-order valence-corrected chi connectivity index (χ2v) is 4.49. The van der Waals surface area contributed by atoms with Crippen molar-refractivity contribution in [3.8, 4) is 0 Å². The molecule has 2 amide bonds. The average Bonchev–Trinajstić information content (AvgIpc) is 2.58. The second kappa shape index (κ2) is 11.2. The van der Waals surface area contributed by atoms with Crippen molar-refractivity contribution in [1.29, 1.82) is 0 Å². The van der Waals surface area contributed by atoms with Crippen LogP contribution < -0.4 is 10.6 Å². The third-order valence-corrected chi connectivity index (χ3v) is 2.62. The zero-order valence-electron chi connectivity index (χ0n) is 12.6. The Balaban J connectivity index is 2.23. The number of alkyl carbamates (subject to hydrolysis) is 2. The van der Waals surface area contributed by atoms with Crippen LogP contribution in [0.4, 0.5) is 9.59 Å². The number of hydrogen-bond donors (Lipinski definition) is 4. The Morgan fingerprint density at radius 2 is 2.04 bits per heavy atom. The standard InChI is InChI=1S/C14H21N3O6/c18-7-3-6-16-13(20)22-10-12(9-19)23-14(21)17-8-11-4-1-2-5-15-11/h1-2,4-5,12,18-19H,3,6-10H2,(H,16,20)(H,17,21). The van der Waals surface area contributed by atoms with Crippen LogP contribution in [-0.4, -0.2) is 59.9 Å². The molecule has 9 heteroatoms. The number of nitrogens with one attached hydrogen (secondary N) is 2. The Bertz CT molecular complexity index is 471. The number of ether oxygens (including phenoxy) is 2. The van der Waals surface area contributed by atoms with E-state index in [-0.39, 0.29) is 26.3 Å². The third kappa shape index (κ3) is 8.59. The molecule has 0 saturated carbocycles. The third-order valence-electron chi connectivity index (χ3n) is 2.62. The fourth-order valence-corrected chi connectivity index (χ4v) is 1.47. The monoisotopic (exact) mass is 327 g/mol. The van der Waals surface area contributed by atoms with Crippen molar-refractivity contribution in [2.24, 2.45) is 0 Å². The van der Waals surface area contributed by atoms with Gasteiger partial charge in [-0.3, -0.25) is 4.98 Å². The molecule has 0 bridgehead atoms. The lowest BCUT2D eigenvalue weighted by Gasteiger charge is -2.16. The van der Waals surface area contributed by atoms with Gasteiger partial charge in [0, 0.05) is 19.3 Å². The summed E-state index contributed by atoms with van der Waals surface area (Å²) >= 11 is 0. The quantitative estimate of drug-likeness (QED) is 0.461. The number of carbonyl (C=O) groups excluding carboxylic acids is 2. The molecule has 1 rings (SSSR count). The van der Waals surface area contributed by atoms with E-state index in [0.717, 1.165) is 0 Å². The zero-order chi connectivity index (χ0) is 16.9. The van der Waals surface area contributed by atoms with Gasteiger partial charge in [-0.25, -0.2) is 9.59 Å². The molecule has 9 nitrogen and oxygen atoms in total. The van der Waals surface area contributed by atoms with Gasteiger partial charge in [0.05, 0.1) is 18.8 Å². The van der Waals surface area contributed by atoms with Crippen molar-refractivity contribution in [2.45, 2.75) is 19.1 Å². The van der Waals surface area contributed by atoms with E-state index < -0.39 is 24.9 Å². The van der Waals surface area contributed by atoms with Crippen molar-refractivity contribution in [1.82, 2.24) is 15.6 Å². The van der Waals surface area contributed by atoms with E-state index in [1.165, 1.54) is 0 Å². The largest absolute Gasteiger partial charge is 0.446 e. The van der Waals surface area contributed by atoms with E-state index in [1.54, 1.807) is 24.4 Å². The molecule has 0 aromatic carbocycles. The van der Waals surface area contributed by atoms with Crippen LogP contribution in [-0.2, 0) is 16.0 Å². The van der Waals surface area contributed by atoms with Crippen molar-refractivity contribution < 1.29 is 29.3 Å². The maximum Gasteiger partial charge on any atom is 0.407 e. The molecule has 0 saturated heterocycles. The topological polar surface area (TPSA) is 130 Å². The van der Waals surface area contributed by atoms with Crippen LogP contribution in [0.25, 0.3) is 0 Å². The van der Waals surface area contributed by atoms with Crippen molar-refractivity contribution in [3.63, 3.8) is 0 Å². The maximum absolute atomic E-state index is 11.6. The van der Waals surface area contributed by atoms with Gasteiger partial charge < -0.3 is 30.3 Å². The van der Waals surface area contributed by atoms with Crippen LogP contribution in [0.5, 0.6) is 0 Å². The summed E-state index contributed by atoms with van der Waals surface area (Å²) in [5.41, 5.74) is 0.657. The lowest BCUT2D eigenvalue weighted by Crippen LogP contribution is -2.35. The van der Waals surface area contributed by atoms with E-state index >= 15 is 0 Å². The predicted molar refractivity (Wildman–Crippen MR) is 79.5 cm³/mol. The van der Waals surface area contributed by atoms with Gasteiger partial charge in [-0.05, 0) is 18.6 Å². The summed E-state index contributed by atoms with van der Waals surface area (Å²) in [5, 5.41) is 22.6. The summed E-state index contributed by atoms with van der Waals surface area (Å²) < 4.78 is 9.72. The van der Waals surface area contributed by atoms with Crippen LogP contribution in [0.3, 0.4) is 0 Å². The number of nitrogens with zero attached hydrogens (tertiary/aromatic N) is 1. The van der Waals surface area contributed by atoms with Gasteiger partial charge in [0.25, 0.3) is 0 Å². The summed E-state index contributed by atoms with van der Waals surface area (Å²) in [6.07, 6.45) is -0.428. The maximum atomic E-state index is 11.6. The molecule has 0 aliphatic rings. The first-order valence-corrected chi connectivity index (χ1v) is 7.12. The summed E-state index contributed by atoms with van der Waals surface area (Å²) in [4.78, 5) is 26.9. The molecule has 0 fully saturated rings. The van der Waals surface area contributed by atoms with Gasteiger partial charge in [0.15, 0.2) is 6.10 Å². The normalized spacial score (nSPS) is 11.4. The molecule has 0 aliphatic carbocycles. The Labute approximate surface area is 133 Å². The summed E-state index contributed by atoms with van der Waals surface area (Å²) in [5.74, 6) is 0. The fourth-order valence-electron chi connectivity index (χ4n) is 1.47. The number of pyridine rings is 1. The minimum atomic E-state index is -0.970. The van der Waals surface area contributed by atoms with E-state index in [0.29, 0.717) is 12.1 Å². The fraction of sp³-hybridized carbons (Fsp3) is 0.500. The highest BCUT2D eigenvalue weighted by atomic mass is 16.6. The zero-order valence-corrected chi connectivity index (χ0v) is 12.6. The Hall–Kier alpha value is -2.39. The number of aliphatic hydroxyl groups is 2. The molecule has 1 aromatic rings. The molecule has 1 atom stereocenters. The van der Waals surface area contributed by atoms with Crippen molar-refractivity contribution in [3.05, 3.63) is 30.1 Å². The van der Waals surface area contributed by atoms with Gasteiger partial charge >= 0.3 is 12.2 Å². The highest BCUT2D eigenvalue weighted by Crippen LogP contribution is 1.97. The predicted octanol–water partition coefficient (Wildman–Crippen LogP) is -0.223. The van der Waals surface area contributed by atoms with Crippen LogP contribution in [0.15, 0.2) is 24.4 Å². The van der Waals surface area contributed by atoms with E-state index in [4.69, 9.17) is 19.7 Å². The van der Waals surface area contributed by atoms with Gasteiger partial charge in [-0.15, -0.1) is 0 Å². The van der Waals surface area contributed by atoms with Gasteiger partial charge in [-0.1, -0.05) is 6.07 Å². The first-order valence-electron chi connectivity index (χ1n) is 7.12. The first-order chi connectivity index (χ1) is 11.2. The molecule has 1 aromatic heterocycles. The molecule has 1 heterocycles. The number of rotatable bonds is 9. The molecule has 1 unspecified atom stereocenters. The summed E-state index contributed by atoms with van der Waals surface area (Å²) in [6, 6.07) is 5.28. The van der Waals surface area contributed by atoms with Crippen molar-refractivity contribution >= 4 is 12.2 Å². The summed E-state index contributed by atoms with van der Waals surface area (Å²) in [6.45, 7) is -0.358. The molecular formula is C14H21N3O6. The number of amides is 2. The van der Waals surface area contributed by atoms with Crippen LogP contribution in [0.2, 0.25) is 0 Å². The Morgan fingerprint density at radius 1 is 1.22 bits per heavy atom. The molecule has 0 spiro atoms. The first kappa shape index (κ1) is 18.7. The van der Waals surface area contributed by atoms with Crippen LogP contribution >= 0.6 is 0 Å². The Kier molecular flexibility index (Phi) is 9.10.